The van der Waals surface area contributed by atoms with Crippen molar-refractivity contribution in [2.45, 2.75) is 116 Å². The molecule has 0 aliphatic heterocycles. The molecule has 4 aromatic heterocycles. The predicted octanol–water partition coefficient (Wildman–Crippen LogP) is 4.76. The van der Waals surface area contributed by atoms with E-state index in [1.165, 1.54) is 55.4 Å². The van der Waals surface area contributed by atoms with Gasteiger partial charge in [-0.05, 0) is 157 Å². The normalized spacial score (nSPS) is 11.1. The second-order valence-corrected chi connectivity index (χ2v) is 25.7. The lowest BCUT2D eigenvalue weighted by Gasteiger charge is -2.23. The average Bonchev–Trinajstić information content (AvgIpc) is 1.48. The summed E-state index contributed by atoms with van der Waals surface area (Å²) in [4.78, 5) is 81.1. The predicted molar refractivity (Wildman–Crippen MR) is 346 cm³/mol. The summed E-state index contributed by atoms with van der Waals surface area (Å²) in [5.41, 5.74) is -3.06. The van der Waals surface area contributed by atoms with Crippen molar-refractivity contribution >= 4 is 78.9 Å². The lowest BCUT2D eigenvalue weighted by atomic mass is 10.1. The molecule has 0 fully saturated rings. The number of hydrogen-bond donors (Lipinski definition) is 14. The number of benzene rings is 2. The Hall–Kier alpha value is -7.90. The van der Waals surface area contributed by atoms with Crippen molar-refractivity contribution in [2.75, 3.05) is 46.2 Å². The third-order valence-electron chi connectivity index (χ3n) is 11.3. The van der Waals surface area contributed by atoms with Gasteiger partial charge in [0.25, 0.3) is 35.4 Å². The van der Waals surface area contributed by atoms with E-state index in [0.29, 0.717) is 25.8 Å². The van der Waals surface area contributed by atoms with Gasteiger partial charge in [0.15, 0.2) is 0 Å². The quantitative estimate of drug-likeness (QED) is 0.0407. The number of pyridine rings is 1. The van der Waals surface area contributed by atoms with Crippen LogP contribution in [0.5, 0.6) is 0 Å². The SMILES string of the molecule is CC(C)(CO)NC(=O)c1ccc(C#CCO)cc1F.CC(C)(CO)NC(=O)c1ccc(F)cc1Cl.CC(C)(CO)NC(=O)c1ccnnc1.CC(C)(CO)NC(=O)c1cn[nH]c1.CC(C)(CO)NC(=O)c1cnc(Br)cc1F.CC(C)(CO)NC(=O)c1ncc(Br)cn1. The van der Waals surface area contributed by atoms with Crippen LogP contribution in [0, 0.1) is 29.3 Å². The molecule has 0 unspecified atom stereocenters. The molecule has 0 atom stereocenters. The van der Waals surface area contributed by atoms with E-state index in [1.54, 1.807) is 89.2 Å². The summed E-state index contributed by atoms with van der Waals surface area (Å²) < 4.78 is 40.9. The van der Waals surface area contributed by atoms with Crippen LogP contribution in [0.4, 0.5) is 13.2 Å². The van der Waals surface area contributed by atoms with Crippen LogP contribution in [-0.4, -0.2) is 186 Å². The Labute approximate surface area is 558 Å². The van der Waals surface area contributed by atoms with E-state index in [-0.39, 0.29) is 85.6 Å². The first-order valence-corrected chi connectivity index (χ1v) is 29.6. The Bertz CT molecular complexity index is 3380. The summed E-state index contributed by atoms with van der Waals surface area (Å²) in [6.45, 7) is 18.9. The fourth-order valence-corrected chi connectivity index (χ4v) is 6.64. The minimum atomic E-state index is -0.821. The zero-order chi connectivity index (χ0) is 71.1. The minimum absolute atomic E-state index is 0.0474. The van der Waals surface area contributed by atoms with Crippen molar-refractivity contribution in [3.05, 3.63) is 163 Å². The number of aliphatic hydroxyl groups is 7. The van der Waals surface area contributed by atoms with Crippen molar-refractivity contribution < 1.29 is 77.7 Å². The zero-order valence-corrected chi connectivity index (χ0v) is 57.1. The number of carbonyl (C=O) groups excluding carboxylic acids is 6. The summed E-state index contributed by atoms with van der Waals surface area (Å²) >= 11 is 11.9. The molecule has 6 amide bonds. The molecule has 6 aromatic rings. The maximum atomic E-state index is 13.8. The molecule has 2 aromatic carbocycles. The van der Waals surface area contributed by atoms with E-state index >= 15 is 0 Å². The van der Waals surface area contributed by atoms with Gasteiger partial charge in [-0.2, -0.15) is 15.3 Å². The first-order valence-electron chi connectivity index (χ1n) is 27.6. The summed E-state index contributed by atoms with van der Waals surface area (Å²) in [7, 11) is 0. The standard InChI is InChI=1S/C14H16FNO3.C11H13ClFNO2.C10H12BrFN2O2.C9H12BrN3O2.C9H13N3O2.C8H13N3O2/c1-14(2,9-18)16-13(19)11-6-5-10(4-3-7-17)8-12(11)15;1-11(2,6-15)14-10(16)8-4-3-7(13)5-9(8)12;1-10(2,5-15)14-9(16)6-4-13-8(11)3-7(6)12;1-9(2,5-14)13-8(15)7-11-3-6(10)4-12-7;1-9(2,6-13)12-8(14)7-3-4-10-11-5-7;1-8(2,5-12)11-7(13)6-3-9-10-4-6/h5-6,8,17-18H,7,9H2,1-2H3,(H,16,19);3-5,15H,6H2,1-2H3,(H,14,16);3-4,15H,5H2,1-2H3,(H,14,16);3-4,14H,5H2,1-2H3,(H,13,15);3-5,13H,6H2,1-2H3,(H,12,14);3-4,12H,5H2,1-2H3,(H,9,10)(H,11,13). The number of rotatable bonds is 18. The third kappa shape index (κ3) is 32.5. The molecule has 0 spiro atoms. The molecule has 0 aliphatic carbocycles. The van der Waals surface area contributed by atoms with Gasteiger partial charge in [-0.15, -0.1) is 0 Å². The van der Waals surface area contributed by atoms with Gasteiger partial charge in [-0.3, -0.25) is 33.9 Å². The number of halogens is 6. The smallest absolute Gasteiger partial charge is 0.289 e. The maximum Gasteiger partial charge on any atom is 0.289 e. The molecule has 32 heteroatoms. The molecule has 26 nitrogen and oxygen atoms in total. The molecule has 0 saturated heterocycles. The molecule has 4 heterocycles. The second-order valence-electron chi connectivity index (χ2n) is 23.6. The van der Waals surface area contributed by atoms with Crippen molar-refractivity contribution in [1.29, 1.82) is 0 Å². The highest BCUT2D eigenvalue weighted by atomic mass is 79.9. The molecular formula is C61H79Br2ClF3N13O13. The van der Waals surface area contributed by atoms with Crippen molar-refractivity contribution in [2.24, 2.45) is 0 Å². The van der Waals surface area contributed by atoms with Crippen molar-refractivity contribution in [3.63, 3.8) is 0 Å². The van der Waals surface area contributed by atoms with Gasteiger partial charge in [0.1, 0.15) is 28.7 Å². The summed E-state index contributed by atoms with van der Waals surface area (Å²) in [5.74, 6) is 0.622. The van der Waals surface area contributed by atoms with Gasteiger partial charge in [-0.1, -0.05) is 23.4 Å². The fourth-order valence-electron chi connectivity index (χ4n) is 5.88. The van der Waals surface area contributed by atoms with Gasteiger partial charge in [0, 0.05) is 36.4 Å². The monoisotopic (exact) mass is 1450 g/mol. The van der Waals surface area contributed by atoms with Crippen LogP contribution >= 0.6 is 43.5 Å². The van der Waals surface area contributed by atoms with E-state index < -0.39 is 74.3 Å². The molecule has 93 heavy (non-hydrogen) atoms. The van der Waals surface area contributed by atoms with E-state index in [1.807, 2.05) is 0 Å². The highest BCUT2D eigenvalue weighted by Crippen LogP contribution is 2.19. The van der Waals surface area contributed by atoms with Crippen LogP contribution in [0.15, 0.2) is 101 Å². The second kappa shape index (κ2) is 39.0. The number of aromatic amines is 1. The van der Waals surface area contributed by atoms with Gasteiger partial charge >= 0.3 is 0 Å². The number of aromatic nitrogens is 7. The number of nitrogens with zero attached hydrogens (tertiary/aromatic N) is 6. The Morgan fingerprint density at radius 3 is 1.33 bits per heavy atom. The summed E-state index contributed by atoms with van der Waals surface area (Å²) in [6, 6.07) is 10.2. The molecule has 6 rings (SSSR count). The highest BCUT2D eigenvalue weighted by molar-refractivity contribution is 9.10. The summed E-state index contributed by atoms with van der Waals surface area (Å²) in [6.07, 6.45) is 9.89. The van der Waals surface area contributed by atoms with E-state index in [9.17, 15) is 41.9 Å². The number of aliphatic hydroxyl groups excluding tert-OH is 7. The van der Waals surface area contributed by atoms with Gasteiger partial charge in [-0.25, -0.2) is 28.1 Å². The van der Waals surface area contributed by atoms with Crippen LogP contribution in [-0.2, 0) is 0 Å². The van der Waals surface area contributed by atoms with E-state index in [4.69, 9.17) is 47.3 Å². The Morgan fingerprint density at radius 2 is 0.925 bits per heavy atom. The van der Waals surface area contributed by atoms with Crippen LogP contribution < -0.4 is 31.9 Å². The zero-order valence-electron chi connectivity index (χ0n) is 53.1. The maximum absolute atomic E-state index is 13.8. The van der Waals surface area contributed by atoms with Crippen LogP contribution in [0.3, 0.4) is 0 Å². The molecule has 14 N–H and O–H groups in total. The Balaban J connectivity index is 0.000000560. The number of amides is 6. The molecule has 0 saturated carbocycles. The third-order valence-corrected chi connectivity index (χ3v) is 12.4. The van der Waals surface area contributed by atoms with Crippen LogP contribution in [0.2, 0.25) is 5.02 Å². The first kappa shape index (κ1) is 83.1. The van der Waals surface area contributed by atoms with Gasteiger partial charge < -0.3 is 67.6 Å². The number of carbonyl (C=O) groups is 6. The largest absolute Gasteiger partial charge is 0.394 e. The topological polar surface area (TPSA) is 409 Å². The molecular weight excluding hydrogens is 1380 g/mol. The minimum Gasteiger partial charge on any atom is -0.394 e. The summed E-state index contributed by atoms with van der Waals surface area (Å²) in [5, 5.41) is 91.3. The first-order chi connectivity index (χ1) is 43.1. The fraction of sp³-hybridized carbons (Fsp3) is 0.410. The van der Waals surface area contributed by atoms with Crippen molar-refractivity contribution in [1.82, 2.24) is 67.2 Å². The highest BCUT2D eigenvalue weighted by Gasteiger charge is 2.26. The van der Waals surface area contributed by atoms with Gasteiger partial charge in [0.05, 0.1) is 129 Å². The van der Waals surface area contributed by atoms with Crippen LogP contribution in [0.1, 0.15) is 151 Å². The lowest BCUT2D eigenvalue weighted by Crippen LogP contribution is -2.46. The van der Waals surface area contributed by atoms with Crippen molar-refractivity contribution in [3.8, 4) is 11.8 Å². The Kier molecular flexibility index (Phi) is 34.8. The Morgan fingerprint density at radius 1 is 0.495 bits per heavy atom. The van der Waals surface area contributed by atoms with E-state index in [2.05, 4.69) is 111 Å². The number of H-pyrrole nitrogens is 1. The van der Waals surface area contributed by atoms with Gasteiger partial charge in [0.2, 0.25) is 5.82 Å². The van der Waals surface area contributed by atoms with E-state index in [0.717, 1.165) is 30.5 Å². The average molecular weight is 1450 g/mol. The molecule has 0 bridgehead atoms. The molecule has 0 aliphatic rings. The molecule has 508 valence electrons. The number of nitrogens with one attached hydrogen (secondary N) is 7. The number of hydrogen-bond acceptors (Lipinski definition) is 19. The van der Waals surface area contributed by atoms with Crippen LogP contribution in [0.25, 0.3) is 0 Å². The lowest BCUT2D eigenvalue weighted by molar-refractivity contribution is 0.0852. The molecule has 0 radical (unpaired) electrons.